The van der Waals surface area contributed by atoms with Crippen molar-refractivity contribution in [2.45, 2.75) is 6.92 Å². The molecule has 36 valence electrons. The van der Waals surface area contributed by atoms with Gasteiger partial charge >= 0.3 is 0 Å². The third-order valence-electron chi connectivity index (χ3n) is 1.11. The van der Waals surface area contributed by atoms with E-state index in [2.05, 4.69) is 20.4 Å². The Morgan fingerprint density at radius 3 is 2.14 bits per heavy atom. The summed E-state index contributed by atoms with van der Waals surface area (Å²) in [5.74, 6) is 2.06. The van der Waals surface area contributed by atoms with Gasteiger partial charge in [-0.25, -0.2) is 0 Å². The normalized spacial score (nSPS) is 11.3. The molecule has 0 saturated carbocycles. The van der Waals surface area contributed by atoms with Gasteiger partial charge in [0, 0.05) is 0 Å². The molecule has 0 heterocycles. The molecule has 0 radical (unpaired) electrons. The Kier molecular flexibility index (Phi) is 2.58. The third-order valence-corrected chi connectivity index (χ3v) is 1.11. The summed E-state index contributed by atoms with van der Waals surface area (Å²) in [4.78, 5) is 0. The van der Waals surface area contributed by atoms with Crippen LogP contribution in [-0.4, -0.2) is 15.7 Å². The van der Waals surface area contributed by atoms with Crippen LogP contribution in [0.25, 0.3) is 0 Å². The second kappa shape index (κ2) is 2.73. The molecule has 0 aliphatic carbocycles. The minimum absolute atomic E-state index is 1.16. The summed E-state index contributed by atoms with van der Waals surface area (Å²) in [6.07, 6.45) is 0. The van der Waals surface area contributed by atoms with E-state index in [1.165, 1.54) is 5.47 Å². The average molecular weight is 91.8 g/mol. The first-order valence-corrected chi connectivity index (χ1v) is 2.47. The van der Waals surface area contributed by atoms with Gasteiger partial charge in [-0.1, -0.05) is 17.6 Å². The molecule has 0 unspecified atom stereocenters. The maximum absolute atomic E-state index is 3.76. The van der Waals surface area contributed by atoms with E-state index in [0.29, 0.717) is 0 Å². The SMILES string of the molecule is B/C=C(\B)C(=C)C. The van der Waals surface area contributed by atoms with Gasteiger partial charge in [-0.2, -0.15) is 0 Å². The molecular formula is C5H10B2. The highest BCUT2D eigenvalue weighted by Crippen LogP contribution is 1.97. The van der Waals surface area contributed by atoms with Crippen molar-refractivity contribution in [3.8, 4) is 0 Å². The van der Waals surface area contributed by atoms with Crippen molar-refractivity contribution < 1.29 is 0 Å². The average Bonchev–Trinajstić information content (AvgIpc) is 1.65. The molecule has 0 atom stereocenters. The van der Waals surface area contributed by atoms with Crippen molar-refractivity contribution in [1.82, 2.24) is 0 Å². The van der Waals surface area contributed by atoms with Crippen molar-refractivity contribution >= 4 is 15.7 Å². The van der Waals surface area contributed by atoms with Gasteiger partial charge in [0.1, 0.15) is 15.7 Å². The second-order valence-electron chi connectivity index (χ2n) is 1.75. The minimum atomic E-state index is 1.16. The van der Waals surface area contributed by atoms with Gasteiger partial charge in [0.25, 0.3) is 0 Å². The molecule has 0 rings (SSSR count). The summed E-state index contributed by atoms with van der Waals surface area (Å²) in [5.41, 5.74) is 2.43. The molecule has 0 aliphatic heterocycles. The van der Waals surface area contributed by atoms with Gasteiger partial charge in [-0.05, 0) is 6.92 Å². The van der Waals surface area contributed by atoms with Crippen molar-refractivity contribution in [2.24, 2.45) is 0 Å². The second-order valence-corrected chi connectivity index (χ2v) is 1.75. The standard InChI is InChI=1S/C5H10B2/c1-4(2)5(7)3-6/h3H,1,6-7H2,2H3/b5-3-. The van der Waals surface area contributed by atoms with E-state index < -0.39 is 0 Å². The molecule has 0 nitrogen and oxygen atoms in total. The lowest BCUT2D eigenvalue weighted by molar-refractivity contribution is 1.54. The van der Waals surface area contributed by atoms with Crippen LogP contribution in [0.4, 0.5) is 0 Å². The zero-order valence-electron chi connectivity index (χ0n) is 5.28. The van der Waals surface area contributed by atoms with Crippen LogP contribution in [-0.2, 0) is 0 Å². The fraction of sp³-hybridized carbons (Fsp3) is 0.200. The summed E-state index contributed by atoms with van der Waals surface area (Å²) in [5, 5.41) is 0. The third kappa shape index (κ3) is 2.32. The van der Waals surface area contributed by atoms with Gasteiger partial charge in [0.15, 0.2) is 0 Å². The van der Waals surface area contributed by atoms with Gasteiger partial charge < -0.3 is 0 Å². The Morgan fingerprint density at radius 1 is 1.71 bits per heavy atom. The molecule has 0 aromatic heterocycles. The monoisotopic (exact) mass is 92.1 g/mol. The Balaban J connectivity index is 3.82. The maximum Gasteiger partial charge on any atom is 0.138 e. The van der Waals surface area contributed by atoms with Crippen LogP contribution in [0.1, 0.15) is 6.92 Å². The Bertz CT molecular complexity index is 103. The summed E-state index contributed by atoms with van der Waals surface area (Å²) in [6, 6.07) is 0. The van der Waals surface area contributed by atoms with E-state index in [1.54, 1.807) is 0 Å². The molecule has 0 amide bonds. The Morgan fingerprint density at radius 2 is 2.14 bits per heavy atom. The molecule has 0 bridgehead atoms. The fourth-order valence-corrected chi connectivity index (χ4v) is 0.246. The minimum Gasteiger partial charge on any atom is -0.130 e. The number of rotatable bonds is 1. The van der Waals surface area contributed by atoms with Gasteiger partial charge in [0.05, 0.1) is 0 Å². The van der Waals surface area contributed by atoms with Crippen molar-refractivity contribution in [1.29, 1.82) is 0 Å². The van der Waals surface area contributed by atoms with E-state index >= 15 is 0 Å². The Hall–Kier alpha value is -0.390. The van der Waals surface area contributed by atoms with E-state index in [0.717, 1.165) is 5.57 Å². The van der Waals surface area contributed by atoms with E-state index in [-0.39, 0.29) is 0 Å². The highest BCUT2D eigenvalue weighted by atomic mass is 13.8. The summed E-state index contributed by atoms with van der Waals surface area (Å²) < 4.78 is 0. The van der Waals surface area contributed by atoms with Crippen LogP contribution in [0.15, 0.2) is 23.6 Å². The number of allylic oxidation sites excluding steroid dienone is 2. The molecule has 0 aliphatic rings. The van der Waals surface area contributed by atoms with Gasteiger partial charge in [-0.15, -0.1) is 5.98 Å². The lowest BCUT2D eigenvalue weighted by atomic mass is 9.85. The zero-order valence-corrected chi connectivity index (χ0v) is 5.28. The number of hydrogen-bond donors (Lipinski definition) is 0. The first-order valence-electron chi connectivity index (χ1n) is 2.47. The lowest BCUT2D eigenvalue weighted by Gasteiger charge is -1.92. The van der Waals surface area contributed by atoms with Crippen molar-refractivity contribution in [3.63, 3.8) is 0 Å². The smallest absolute Gasteiger partial charge is 0.130 e. The van der Waals surface area contributed by atoms with Crippen LogP contribution in [0.3, 0.4) is 0 Å². The predicted octanol–water partition coefficient (Wildman–Crippen LogP) is -0.330. The summed E-state index contributed by atoms with van der Waals surface area (Å²) in [7, 11) is 4.08. The van der Waals surface area contributed by atoms with Crippen LogP contribution in [0.5, 0.6) is 0 Å². The predicted molar refractivity (Wildman–Crippen MR) is 40.0 cm³/mol. The molecule has 0 fully saturated rings. The van der Waals surface area contributed by atoms with E-state index in [1.807, 2.05) is 14.8 Å². The first-order chi connectivity index (χ1) is 3.18. The van der Waals surface area contributed by atoms with E-state index in [9.17, 15) is 0 Å². The summed E-state index contributed by atoms with van der Waals surface area (Å²) in [6.45, 7) is 5.77. The molecular weight excluding hydrogens is 81.7 g/mol. The van der Waals surface area contributed by atoms with Crippen LogP contribution in [0.2, 0.25) is 0 Å². The topological polar surface area (TPSA) is 0 Å². The highest BCUT2D eigenvalue weighted by Gasteiger charge is 1.81. The largest absolute Gasteiger partial charge is 0.138 e. The van der Waals surface area contributed by atoms with Crippen LogP contribution < -0.4 is 0 Å². The number of hydrogen-bond acceptors (Lipinski definition) is 0. The van der Waals surface area contributed by atoms with Crippen LogP contribution >= 0.6 is 0 Å². The maximum atomic E-state index is 3.76. The molecule has 7 heavy (non-hydrogen) atoms. The zero-order chi connectivity index (χ0) is 5.86. The van der Waals surface area contributed by atoms with Gasteiger partial charge in [0.2, 0.25) is 0 Å². The van der Waals surface area contributed by atoms with Gasteiger partial charge in [-0.3, -0.25) is 0 Å². The molecule has 0 saturated heterocycles. The highest BCUT2D eigenvalue weighted by molar-refractivity contribution is 6.30. The Labute approximate surface area is 47.1 Å². The molecule has 0 aromatic rings. The lowest BCUT2D eigenvalue weighted by Crippen LogP contribution is -1.80. The summed E-state index contributed by atoms with van der Waals surface area (Å²) >= 11 is 0. The first kappa shape index (κ1) is 6.61. The molecule has 2 heteroatoms. The quantitative estimate of drug-likeness (QED) is 0.306. The van der Waals surface area contributed by atoms with Crippen molar-refractivity contribution in [2.75, 3.05) is 0 Å². The molecule has 0 aromatic carbocycles. The van der Waals surface area contributed by atoms with Crippen LogP contribution in [0, 0.1) is 0 Å². The molecule has 0 N–H and O–H groups in total. The fourth-order valence-electron chi connectivity index (χ4n) is 0.246. The van der Waals surface area contributed by atoms with E-state index in [4.69, 9.17) is 0 Å². The van der Waals surface area contributed by atoms with Crippen molar-refractivity contribution in [3.05, 3.63) is 23.6 Å². The molecule has 0 spiro atoms.